The second-order valence-corrected chi connectivity index (χ2v) is 19.6. The molecule has 0 amide bonds. The highest BCUT2D eigenvalue weighted by molar-refractivity contribution is 5.71. The van der Waals surface area contributed by atoms with Crippen molar-refractivity contribution in [3.63, 3.8) is 0 Å². The number of unbranched alkanes of at least 4 members (excludes halogenated alkanes) is 42. The van der Waals surface area contributed by atoms with E-state index in [1.165, 1.54) is 231 Å². The molecule has 0 heterocycles. The second kappa shape index (κ2) is 53.0. The van der Waals surface area contributed by atoms with Gasteiger partial charge in [0.25, 0.3) is 0 Å². The lowest BCUT2D eigenvalue weighted by atomic mass is 10.0. The Morgan fingerprint density at radius 2 is 0.429 bits per heavy atom. The molecule has 0 aliphatic heterocycles. The van der Waals surface area contributed by atoms with Gasteiger partial charge in [0.1, 0.15) is 13.2 Å². The van der Waals surface area contributed by atoms with Crippen molar-refractivity contribution < 1.29 is 28.6 Å². The minimum atomic E-state index is -0.760. The lowest BCUT2D eigenvalue weighted by Gasteiger charge is -2.18. The number of hydrogen-bond donors (Lipinski definition) is 0. The molecule has 0 bridgehead atoms. The van der Waals surface area contributed by atoms with Gasteiger partial charge >= 0.3 is 17.9 Å². The molecule has 0 unspecified atom stereocenters. The zero-order chi connectivity index (χ0) is 45.8. The molecule has 6 nitrogen and oxygen atoms in total. The summed E-state index contributed by atoms with van der Waals surface area (Å²) in [5.74, 6) is -0.836. The molecule has 0 spiro atoms. The number of esters is 3. The van der Waals surface area contributed by atoms with Crippen LogP contribution < -0.4 is 0 Å². The summed E-state index contributed by atoms with van der Waals surface area (Å²) >= 11 is 0. The third kappa shape index (κ3) is 51.3. The molecule has 0 N–H and O–H groups in total. The average Bonchev–Trinajstić information content (AvgIpc) is 3.28. The molecule has 0 aliphatic carbocycles. The van der Waals surface area contributed by atoms with Crippen LogP contribution in [0.1, 0.15) is 329 Å². The van der Waals surface area contributed by atoms with E-state index in [1.807, 2.05) is 0 Å². The molecule has 0 aromatic carbocycles. The standard InChI is InChI=1S/C57H110O6/c1-4-7-10-13-16-19-22-25-26-27-28-29-30-31-32-33-36-39-42-45-48-51-57(60)63-54(52-61-55(58)49-46-43-40-37-34-23-20-17-14-11-8-5-2)53-62-56(59)50-47-44-41-38-35-24-21-18-15-12-9-6-3/h54H,4-53H2,1-3H3. The Bertz CT molecular complexity index is 892. The van der Waals surface area contributed by atoms with Crippen molar-refractivity contribution in [2.45, 2.75) is 335 Å². The van der Waals surface area contributed by atoms with E-state index in [1.54, 1.807) is 0 Å². The fourth-order valence-electron chi connectivity index (χ4n) is 8.80. The van der Waals surface area contributed by atoms with E-state index in [-0.39, 0.29) is 31.1 Å². The Kier molecular flexibility index (Phi) is 51.7. The van der Waals surface area contributed by atoms with Crippen molar-refractivity contribution in [2.75, 3.05) is 13.2 Å². The van der Waals surface area contributed by atoms with Gasteiger partial charge in [-0.3, -0.25) is 14.4 Å². The highest BCUT2D eigenvalue weighted by Crippen LogP contribution is 2.18. The lowest BCUT2D eigenvalue weighted by molar-refractivity contribution is -0.167. The van der Waals surface area contributed by atoms with E-state index in [2.05, 4.69) is 20.8 Å². The van der Waals surface area contributed by atoms with Crippen LogP contribution in [0, 0.1) is 0 Å². The third-order valence-electron chi connectivity index (χ3n) is 13.1. The first-order valence-electron chi connectivity index (χ1n) is 28.5. The number of hydrogen-bond acceptors (Lipinski definition) is 6. The minimum absolute atomic E-state index is 0.0615. The highest BCUT2D eigenvalue weighted by atomic mass is 16.6. The van der Waals surface area contributed by atoms with Gasteiger partial charge in [0, 0.05) is 19.3 Å². The Labute approximate surface area is 393 Å². The Morgan fingerprint density at radius 1 is 0.254 bits per heavy atom. The Hall–Kier alpha value is -1.59. The molecule has 63 heavy (non-hydrogen) atoms. The van der Waals surface area contributed by atoms with Crippen LogP contribution in [0.25, 0.3) is 0 Å². The third-order valence-corrected chi connectivity index (χ3v) is 13.1. The summed E-state index contributed by atoms with van der Waals surface area (Å²) in [5.41, 5.74) is 0. The summed E-state index contributed by atoms with van der Waals surface area (Å²) in [6.45, 7) is 6.69. The Balaban J connectivity index is 4.22. The first kappa shape index (κ1) is 61.4. The quantitative estimate of drug-likeness (QED) is 0.0344. The first-order valence-corrected chi connectivity index (χ1v) is 28.5. The molecule has 0 fully saturated rings. The molecule has 0 atom stereocenters. The van der Waals surface area contributed by atoms with Gasteiger partial charge in [0.15, 0.2) is 6.10 Å². The van der Waals surface area contributed by atoms with Crippen molar-refractivity contribution in [2.24, 2.45) is 0 Å². The summed E-state index contributed by atoms with van der Waals surface area (Å²) in [6.07, 6.45) is 58.1. The maximum Gasteiger partial charge on any atom is 0.306 e. The maximum atomic E-state index is 12.8. The van der Waals surface area contributed by atoms with E-state index in [0.717, 1.165) is 57.8 Å². The van der Waals surface area contributed by atoms with Gasteiger partial charge in [-0.05, 0) is 19.3 Å². The van der Waals surface area contributed by atoms with Crippen molar-refractivity contribution in [3.8, 4) is 0 Å². The molecular formula is C57H110O6. The molecule has 0 saturated heterocycles. The van der Waals surface area contributed by atoms with Gasteiger partial charge in [-0.1, -0.05) is 290 Å². The molecule has 0 radical (unpaired) electrons. The predicted octanol–water partition coefficient (Wildman–Crippen LogP) is 18.8. The first-order chi connectivity index (χ1) is 31.0. The van der Waals surface area contributed by atoms with Crippen LogP contribution in [0.2, 0.25) is 0 Å². The Morgan fingerprint density at radius 3 is 0.635 bits per heavy atom. The van der Waals surface area contributed by atoms with Crippen molar-refractivity contribution >= 4 is 17.9 Å². The molecule has 0 rings (SSSR count). The molecule has 0 saturated carbocycles. The second-order valence-electron chi connectivity index (χ2n) is 19.6. The van der Waals surface area contributed by atoms with E-state index in [0.29, 0.717) is 19.3 Å². The molecule has 0 aliphatic rings. The summed E-state index contributed by atoms with van der Waals surface area (Å²) in [4.78, 5) is 38.0. The zero-order valence-electron chi connectivity index (χ0n) is 42.9. The van der Waals surface area contributed by atoms with Crippen molar-refractivity contribution in [3.05, 3.63) is 0 Å². The summed E-state index contributed by atoms with van der Waals surface area (Å²) in [6, 6.07) is 0. The van der Waals surface area contributed by atoms with Crippen LogP contribution in [-0.4, -0.2) is 37.2 Å². The normalized spacial score (nSPS) is 11.4. The monoisotopic (exact) mass is 891 g/mol. The van der Waals surface area contributed by atoms with Gasteiger partial charge < -0.3 is 14.2 Å². The molecule has 6 heteroatoms. The molecule has 0 aromatic heterocycles. The van der Waals surface area contributed by atoms with Crippen LogP contribution >= 0.6 is 0 Å². The van der Waals surface area contributed by atoms with Crippen LogP contribution in [0.3, 0.4) is 0 Å². The molecule has 0 aromatic rings. The summed E-state index contributed by atoms with van der Waals surface area (Å²) in [5, 5.41) is 0. The number of carbonyl (C=O) groups is 3. The minimum Gasteiger partial charge on any atom is -0.462 e. The maximum absolute atomic E-state index is 12.8. The summed E-state index contributed by atoms with van der Waals surface area (Å²) < 4.78 is 16.9. The van der Waals surface area contributed by atoms with E-state index in [9.17, 15) is 14.4 Å². The van der Waals surface area contributed by atoms with Crippen LogP contribution in [0.15, 0.2) is 0 Å². The molecule has 374 valence electrons. The average molecular weight is 892 g/mol. The zero-order valence-corrected chi connectivity index (χ0v) is 42.9. The predicted molar refractivity (Wildman–Crippen MR) is 270 cm³/mol. The van der Waals surface area contributed by atoms with Gasteiger partial charge in [-0.25, -0.2) is 0 Å². The fraction of sp³-hybridized carbons (Fsp3) is 0.947. The van der Waals surface area contributed by atoms with E-state index in [4.69, 9.17) is 14.2 Å². The lowest BCUT2D eigenvalue weighted by Crippen LogP contribution is -2.30. The SMILES string of the molecule is CCCCCCCCCCCCCCCCCCCCCCCC(=O)OC(COC(=O)CCCCCCCCCCCCCC)COC(=O)CCCCCCCCCCCCCC. The molecular weight excluding hydrogens is 781 g/mol. The van der Waals surface area contributed by atoms with Gasteiger partial charge in [0.05, 0.1) is 0 Å². The number of rotatable bonds is 53. The van der Waals surface area contributed by atoms with Crippen LogP contribution in [0.4, 0.5) is 0 Å². The largest absolute Gasteiger partial charge is 0.462 e. The van der Waals surface area contributed by atoms with Gasteiger partial charge in [-0.15, -0.1) is 0 Å². The van der Waals surface area contributed by atoms with E-state index >= 15 is 0 Å². The van der Waals surface area contributed by atoms with Crippen LogP contribution in [-0.2, 0) is 28.6 Å². The van der Waals surface area contributed by atoms with Crippen LogP contribution in [0.5, 0.6) is 0 Å². The topological polar surface area (TPSA) is 78.9 Å². The number of carbonyl (C=O) groups excluding carboxylic acids is 3. The fourth-order valence-corrected chi connectivity index (χ4v) is 8.80. The van der Waals surface area contributed by atoms with Crippen molar-refractivity contribution in [1.29, 1.82) is 0 Å². The summed E-state index contributed by atoms with van der Waals surface area (Å²) in [7, 11) is 0. The smallest absolute Gasteiger partial charge is 0.306 e. The van der Waals surface area contributed by atoms with Gasteiger partial charge in [0.2, 0.25) is 0 Å². The van der Waals surface area contributed by atoms with Crippen molar-refractivity contribution in [1.82, 2.24) is 0 Å². The van der Waals surface area contributed by atoms with Gasteiger partial charge in [-0.2, -0.15) is 0 Å². The highest BCUT2D eigenvalue weighted by Gasteiger charge is 2.19. The number of ether oxygens (including phenoxy) is 3. The van der Waals surface area contributed by atoms with E-state index < -0.39 is 6.10 Å².